The molecule has 0 aliphatic heterocycles. The number of hydrogen-bond acceptors (Lipinski definition) is 5. The van der Waals surface area contributed by atoms with Gasteiger partial charge in [-0.3, -0.25) is 4.79 Å². The molecule has 1 heterocycles. The van der Waals surface area contributed by atoms with Crippen molar-refractivity contribution in [3.05, 3.63) is 82.9 Å². The second-order valence-corrected chi connectivity index (χ2v) is 9.33. The fourth-order valence-corrected chi connectivity index (χ4v) is 4.30. The lowest BCUT2D eigenvalue weighted by atomic mass is 10.0. The second-order valence-electron chi connectivity index (χ2n) is 8.89. The third-order valence-corrected chi connectivity index (χ3v) is 6.12. The van der Waals surface area contributed by atoms with Crippen molar-refractivity contribution in [2.75, 3.05) is 32.1 Å². The first-order chi connectivity index (χ1) is 17.2. The Morgan fingerprint density at radius 1 is 0.972 bits per heavy atom. The Hall–Kier alpha value is -3.81. The van der Waals surface area contributed by atoms with Gasteiger partial charge in [0, 0.05) is 35.1 Å². The van der Waals surface area contributed by atoms with Crippen molar-refractivity contribution >= 4 is 45.5 Å². The van der Waals surface area contributed by atoms with Crippen LogP contribution in [0.4, 0.5) is 11.4 Å². The van der Waals surface area contributed by atoms with Crippen molar-refractivity contribution in [2.24, 2.45) is 4.99 Å². The zero-order valence-electron chi connectivity index (χ0n) is 20.5. The molecule has 0 aliphatic rings. The number of aliphatic imine (C=N–C) groups is 1. The van der Waals surface area contributed by atoms with Crippen molar-refractivity contribution in [3.8, 4) is 11.6 Å². The van der Waals surface area contributed by atoms with E-state index in [4.69, 9.17) is 16.6 Å². The smallest absolute Gasteiger partial charge is 0.223 e. The molecule has 3 aromatic carbocycles. The van der Waals surface area contributed by atoms with Crippen LogP contribution in [-0.2, 0) is 4.79 Å². The number of aromatic amines is 1. The number of nitrogens with one attached hydrogen (secondary N) is 1. The van der Waals surface area contributed by atoms with Crippen LogP contribution in [0.3, 0.4) is 0 Å². The van der Waals surface area contributed by atoms with Gasteiger partial charge in [0.15, 0.2) is 5.88 Å². The van der Waals surface area contributed by atoms with E-state index in [1.54, 1.807) is 48.2 Å². The molecule has 0 bridgehead atoms. The van der Waals surface area contributed by atoms with Gasteiger partial charge in [-0.05, 0) is 87.7 Å². The van der Waals surface area contributed by atoms with Gasteiger partial charge in [0.25, 0.3) is 0 Å². The Labute approximate surface area is 215 Å². The predicted octanol–water partition coefficient (Wildman–Crippen LogP) is 5.71. The van der Waals surface area contributed by atoms with Gasteiger partial charge >= 0.3 is 0 Å². The Bertz CT molecular complexity index is 1390. The van der Waals surface area contributed by atoms with Crippen LogP contribution in [0.2, 0.25) is 5.02 Å². The number of carbonyl (C=O) groups excluding carboxylic acids is 1. The normalized spacial score (nSPS) is 11.9. The van der Waals surface area contributed by atoms with Gasteiger partial charge in [-0.25, -0.2) is 4.99 Å². The average molecular weight is 505 g/mol. The van der Waals surface area contributed by atoms with Crippen molar-refractivity contribution in [1.82, 2.24) is 9.88 Å². The fraction of sp³-hybridized carbons (Fsp3) is 0.214. The molecule has 0 atom stereocenters. The molecule has 0 fully saturated rings. The molecule has 1 aromatic heterocycles. The second kappa shape index (κ2) is 10.8. The highest BCUT2D eigenvalue weighted by molar-refractivity contribution is 6.31. The van der Waals surface area contributed by atoms with E-state index in [9.17, 15) is 15.0 Å². The maximum Gasteiger partial charge on any atom is 0.223 e. The van der Waals surface area contributed by atoms with Crippen LogP contribution in [0.15, 0.2) is 71.7 Å². The molecule has 0 saturated carbocycles. The number of aromatic nitrogens is 1. The minimum absolute atomic E-state index is 0.0165. The summed E-state index contributed by atoms with van der Waals surface area (Å²) in [7, 11) is 4.02. The van der Waals surface area contributed by atoms with Crippen molar-refractivity contribution < 1.29 is 15.0 Å². The number of anilines is 1. The Balaban J connectivity index is 1.74. The van der Waals surface area contributed by atoms with Crippen LogP contribution >= 0.6 is 11.6 Å². The van der Waals surface area contributed by atoms with Crippen molar-refractivity contribution in [1.29, 1.82) is 0 Å². The average Bonchev–Trinajstić information content (AvgIpc) is 3.15. The van der Waals surface area contributed by atoms with E-state index in [0.29, 0.717) is 34.0 Å². The van der Waals surface area contributed by atoms with Gasteiger partial charge < -0.3 is 25.0 Å². The van der Waals surface area contributed by atoms with Crippen molar-refractivity contribution in [2.45, 2.75) is 13.3 Å². The minimum Gasteiger partial charge on any atom is -0.508 e. The van der Waals surface area contributed by atoms with Crippen LogP contribution < -0.4 is 4.90 Å². The Morgan fingerprint density at radius 2 is 1.67 bits per heavy atom. The highest BCUT2D eigenvalue weighted by atomic mass is 35.5. The molecule has 0 spiro atoms. The predicted molar refractivity (Wildman–Crippen MR) is 146 cm³/mol. The first kappa shape index (κ1) is 25.3. The number of amides is 1. The van der Waals surface area contributed by atoms with E-state index in [0.717, 1.165) is 29.6 Å². The number of phenols is 1. The lowest BCUT2D eigenvalue weighted by Crippen LogP contribution is -2.31. The summed E-state index contributed by atoms with van der Waals surface area (Å²) in [5.74, 6) is 0.0903. The summed E-state index contributed by atoms with van der Waals surface area (Å²) in [6.45, 7) is 3.08. The number of aromatic hydroxyl groups is 2. The lowest BCUT2D eigenvalue weighted by molar-refractivity contribution is -0.116. The molecule has 3 N–H and O–H groups in total. The van der Waals surface area contributed by atoms with E-state index < -0.39 is 0 Å². The molecule has 36 heavy (non-hydrogen) atoms. The number of nitrogens with zero attached hydrogens (tertiary/aromatic N) is 3. The van der Waals surface area contributed by atoms with E-state index >= 15 is 0 Å². The molecule has 1 amide bonds. The maximum atomic E-state index is 12.3. The Kier molecular flexibility index (Phi) is 7.62. The number of hydrogen-bond donors (Lipinski definition) is 3. The molecule has 186 valence electrons. The molecular formula is C28H29ClN4O3. The van der Waals surface area contributed by atoms with Gasteiger partial charge in [0.05, 0.1) is 22.5 Å². The minimum atomic E-state index is -0.0284. The maximum absolute atomic E-state index is 12.3. The molecule has 8 heteroatoms. The number of rotatable bonds is 8. The molecule has 0 aliphatic carbocycles. The largest absolute Gasteiger partial charge is 0.508 e. The highest BCUT2D eigenvalue weighted by Gasteiger charge is 2.19. The van der Waals surface area contributed by atoms with Crippen LogP contribution in [0.1, 0.15) is 24.5 Å². The molecule has 0 unspecified atom stereocenters. The third kappa shape index (κ3) is 5.70. The number of H-pyrrole nitrogens is 1. The first-order valence-corrected chi connectivity index (χ1v) is 12.0. The number of fused-ring (bicyclic) bond motifs is 1. The molecule has 7 nitrogen and oxygen atoms in total. The van der Waals surface area contributed by atoms with Gasteiger partial charge in [0.1, 0.15) is 5.75 Å². The summed E-state index contributed by atoms with van der Waals surface area (Å²) in [5, 5.41) is 21.9. The quantitative estimate of drug-likeness (QED) is 0.268. The third-order valence-electron chi connectivity index (χ3n) is 5.89. The van der Waals surface area contributed by atoms with Gasteiger partial charge in [-0.15, -0.1) is 0 Å². The number of phenolic OH excluding ortho intramolecular Hbond substituents is 1. The molecule has 4 rings (SSSR count). The molecular weight excluding hydrogens is 476 g/mol. The lowest BCUT2D eigenvalue weighted by Gasteiger charge is -2.22. The highest BCUT2D eigenvalue weighted by Crippen LogP contribution is 2.33. The number of halogens is 1. The van der Waals surface area contributed by atoms with Crippen LogP contribution in [0.5, 0.6) is 11.6 Å². The van der Waals surface area contributed by atoms with E-state index in [1.807, 2.05) is 44.4 Å². The first-order valence-electron chi connectivity index (χ1n) is 11.6. The summed E-state index contributed by atoms with van der Waals surface area (Å²) in [5.41, 5.74) is 3.93. The van der Waals surface area contributed by atoms with Crippen molar-refractivity contribution in [3.63, 3.8) is 0 Å². The zero-order chi connectivity index (χ0) is 25.8. The van der Waals surface area contributed by atoms with E-state index in [2.05, 4.69) is 9.88 Å². The van der Waals surface area contributed by atoms with E-state index in [1.165, 1.54) is 0 Å². The zero-order valence-corrected chi connectivity index (χ0v) is 21.3. The Morgan fingerprint density at radius 3 is 2.31 bits per heavy atom. The van der Waals surface area contributed by atoms with Gasteiger partial charge in [-0.2, -0.15) is 0 Å². The van der Waals surface area contributed by atoms with Crippen LogP contribution in [0.25, 0.3) is 10.9 Å². The summed E-state index contributed by atoms with van der Waals surface area (Å²) in [6.07, 6.45) is 0.862. The number of benzene rings is 3. The summed E-state index contributed by atoms with van der Waals surface area (Å²) >= 11 is 6.14. The van der Waals surface area contributed by atoms with Crippen LogP contribution in [0, 0.1) is 0 Å². The standard InChI is InChI=1S/C28H29ClN4O3/c1-18(34)33(16-4-15-32(2)3)22-10-8-21(9-11-22)30-27(19-5-12-23(35)13-6-19)26-24-14-7-20(29)17-25(24)31-28(26)36/h5-14,17,31,35-36H,4,15-16H2,1-3H3. The molecule has 0 radical (unpaired) electrons. The topological polar surface area (TPSA) is 92.2 Å². The van der Waals surface area contributed by atoms with Gasteiger partial charge in [0.2, 0.25) is 5.91 Å². The SMILES string of the molecule is CC(=O)N(CCCN(C)C)c1ccc(N=C(c2ccc(O)cc2)c2c(O)[nH]c3cc(Cl)ccc23)cc1. The number of carbonyl (C=O) groups is 1. The summed E-state index contributed by atoms with van der Waals surface area (Å²) < 4.78 is 0. The monoisotopic (exact) mass is 504 g/mol. The van der Waals surface area contributed by atoms with Crippen LogP contribution in [-0.4, -0.2) is 58.9 Å². The van der Waals surface area contributed by atoms with E-state index in [-0.39, 0.29) is 17.5 Å². The molecule has 0 saturated heterocycles. The fourth-order valence-electron chi connectivity index (χ4n) is 4.13. The summed E-state index contributed by atoms with van der Waals surface area (Å²) in [4.78, 5) is 24.0. The molecule has 4 aromatic rings. The summed E-state index contributed by atoms with van der Waals surface area (Å²) in [6, 6.07) is 19.4. The van der Waals surface area contributed by atoms with Gasteiger partial charge in [-0.1, -0.05) is 17.7 Å².